The Hall–Kier alpha value is -4.31. The largest absolute Gasteiger partial charge is 0.472 e. The smallest absolute Gasteiger partial charge is 0.463 e. The van der Waals surface area contributed by atoms with E-state index in [-0.39, 0.29) is 19.3 Å². The molecule has 0 aliphatic carbocycles. The molecule has 0 aromatic rings. The molecular formula is C83H142O16P2. The summed E-state index contributed by atoms with van der Waals surface area (Å²) >= 11 is 0. The third-order valence-electron chi connectivity index (χ3n) is 16.4. The van der Waals surface area contributed by atoms with Crippen LogP contribution in [-0.2, 0) is 55.8 Å². The standard InChI is InChI=1S/C83H142O16P2/c1-4-7-10-13-16-19-22-25-28-30-32-34-36-37-38-39-41-43-44-46-49-51-54-57-60-63-66-69-81(86)93-72-78(84)73-95-100(89,90)96-74-79(85)75-97-101(91,92)98-77-80(99-83(88)71-68-65-62-59-56-53-48-27-24-21-18-15-12-9-6-3)76-94-82(87)70-67-64-61-58-55-52-50-47-45-42-40-35-33-31-29-26-23-20-17-14-11-8-5-2/h7-8,10-11,16-17,19-20,25-26,28-29,32-35,37-38,42,45,50,52,78-80,84-85H,4-6,9,12-15,18,21-24,27,30-31,36,39-41,43-44,46-49,51,53-77H2,1-3H3,(H,89,90)(H,91,92)/b10-7-,11-8-,19-16-,20-17-,28-25-,29-26-,34-32-,35-33-,38-37-,45-42-,52-50-. The lowest BCUT2D eigenvalue weighted by molar-refractivity contribution is -0.161. The van der Waals surface area contributed by atoms with Crippen LogP contribution in [0.2, 0.25) is 0 Å². The highest BCUT2D eigenvalue weighted by Gasteiger charge is 2.29. The minimum atomic E-state index is -4.94. The number of allylic oxidation sites excluding steroid dienone is 22. The minimum Gasteiger partial charge on any atom is -0.463 e. The predicted molar refractivity (Wildman–Crippen MR) is 417 cm³/mol. The van der Waals surface area contributed by atoms with Crippen LogP contribution in [0.3, 0.4) is 0 Å². The van der Waals surface area contributed by atoms with Gasteiger partial charge in [-0.25, -0.2) is 9.13 Å². The van der Waals surface area contributed by atoms with Crippen LogP contribution in [0, 0.1) is 0 Å². The zero-order chi connectivity index (χ0) is 73.7. The summed E-state index contributed by atoms with van der Waals surface area (Å²) in [5.74, 6) is -1.60. The van der Waals surface area contributed by atoms with Gasteiger partial charge < -0.3 is 34.2 Å². The number of unbranched alkanes of at least 4 members (excludes halogenated alkanes) is 29. The van der Waals surface area contributed by atoms with Crippen LogP contribution >= 0.6 is 15.6 Å². The molecule has 0 fully saturated rings. The molecule has 101 heavy (non-hydrogen) atoms. The van der Waals surface area contributed by atoms with Gasteiger partial charge in [-0.2, -0.15) is 0 Å². The molecule has 0 heterocycles. The summed E-state index contributed by atoms with van der Waals surface area (Å²) in [5, 5.41) is 20.6. The van der Waals surface area contributed by atoms with Crippen molar-refractivity contribution in [2.75, 3.05) is 39.6 Å². The third-order valence-corrected chi connectivity index (χ3v) is 18.3. The second kappa shape index (κ2) is 75.4. The molecule has 0 aliphatic rings. The number of aliphatic hydroxyl groups excluding tert-OH is 2. The Morgan fingerprint density at radius 2 is 0.525 bits per heavy atom. The average Bonchev–Trinajstić information content (AvgIpc) is 0.944. The van der Waals surface area contributed by atoms with Gasteiger partial charge >= 0.3 is 33.6 Å². The molecular weight excluding hydrogens is 1310 g/mol. The SMILES string of the molecule is CC/C=C\C/C=C\C/C=C\C/C=C\C/C=C\C/C=C\CCCCCCC(=O)OCC(COP(=O)(O)OCC(O)COP(=O)(O)OCC(O)COC(=O)CCCCCCCCCCCCC/C=C\C/C=C\C/C=C\C/C=C\C/C=C\CC)OC(=O)CCCCCCCCCCCCCCCCC. The van der Waals surface area contributed by atoms with E-state index in [1.165, 1.54) is 109 Å². The van der Waals surface area contributed by atoms with E-state index < -0.39 is 91.5 Å². The molecule has 5 unspecified atom stereocenters. The Labute approximate surface area is 614 Å². The van der Waals surface area contributed by atoms with Gasteiger partial charge in [0.1, 0.15) is 25.4 Å². The van der Waals surface area contributed by atoms with Gasteiger partial charge in [-0.15, -0.1) is 0 Å². The lowest BCUT2D eigenvalue weighted by Gasteiger charge is -2.21. The summed E-state index contributed by atoms with van der Waals surface area (Å²) in [5.41, 5.74) is 0. The molecule has 0 spiro atoms. The Balaban J connectivity index is 4.59. The summed E-state index contributed by atoms with van der Waals surface area (Å²) in [6.45, 7) is 2.44. The van der Waals surface area contributed by atoms with Crippen molar-refractivity contribution < 1.29 is 75.8 Å². The topological polar surface area (TPSA) is 231 Å². The highest BCUT2D eigenvalue weighted by Crippen LogP contribution is 2.45. The fraction of sp³-hybridized carbons (Fsp3) is 0.699. The van der Waals surface area contributed by atoms with Crippen LogP contribution in [0.5, 0.6) is 0 Å². The number of ether oxygens (including phenoxy) is 3. The molecule has 0 rings (SSSR count). The maximum Gasteiger partial charge on any atom is 0.472 e. The van der Waals surface area contributed by atoms with Crippen molar-refractivity contribution in [1.29, 1.82) is 0 Å². The molecule has 0 radical (unpaired) electrons. The van der Waals surface area contributed by atoms with Crippen molar-refractivity contribution in [3.05, 3.63) is 134 Å². The maximum atomic E-state index is 13.0. The zero-order valence-corrected chi connectivity index (χ0v) is 65.1. The summed E-state index contributed by atoms with van der Waals surface area (Å²) in [6.07, 6.45) is 90.6. The van der Waals surface area contributed by atoms with E-state index in [2.05, 4.69) is 154 Å². The van der Waals surface area contributed by atoms with Gasteiger partial charge in [0.15, 0.2) is 6.10 Å². The van der Waals surface area contributed by atoms with Gasteiger partial charge in [-0.1, -0.05) is 315 Å². The van der Waals surface area contributed by atoms with Crippen molar-refractivity contribution in [3.63, 3.8) is 0 Å². The Kier molecular flexibility index (Phi) is 72.2. The Morgan fingerprint density at radius 1 is 0.287 bits per heavy atom. The minimum absolute atomic E-state index is 0.0992. The van der Waals surface area contributed by atoms with Crippen LogP contribution in [0.1, 0.15) is 316 Å². The van der Waals surface area contributed by atoms with Gasteiger partial charge in [-0.05, 0) is 116 Å². The van der Waals surface area contributed by atoms with E-state index in [9.17, 15) is 43.5 Å². The fourth-order valence-electron chi connectivity index (χ4n) is 10.4. The molecule has 0 saturated carbocycles. The first-order valence-electron chi connectivity index (χ1n) is 39.5. The molecule has 18 heteroatoms. The highest BCUT2D eigenvalue weighted by atomic mass is 31.2. The van der Waals surface area contributed by atoms with Crippen LogP contribution in [0.15, 0.2) is 134 Å². The molecule has 0 bridgehead atoms. The van der Waals surface area contributed by atoms with Crippen LogP contribution in [0.25, 0.3) is 0 Å². The molecule has 0 aromatic carbocycles. The monoisotopic (exact) mass is 1460 g/mol. The van der Waals surface area contributed by atoms with Crippen LogP contribution in [0.4, 0.5) is 0 Å². The highest BCUT2D eigenvalue weighted by molar-refractivity contribution is 7.47. The predicted octanol–water partition coefficient (Wildman–Crippen LogP) is 23.1. The number of aliphatic hydroxyl groups is 2. The summed E-state index contributed by atoms with van der Waals surface area (Å²) in [6, 6.07) is 0. The van der Waals surface area contributed by atoms with Gasteiger partial charge in [0, 0.05) is 19.3 Å². The summed E-state index contributed by atoms with van der Waals surface area (Å²) in [4.78, 5) is 58.7. The van der Waals surface area contributed by atoms with E-state index in [4.69, 9.17) is 32.3 Å². The van der Waals surface area contributed by atoms with Crippen molar-refractivity contribution in [2.24, 2.45) is 0 Å². The number of esters is 3. The molecule has 0 aromatic heterocycles. The fourth-order valence-corrected chi connectivity index (χ4v) is 12.0. The maximum absolute atomic E-state index is 13.0. The van der Waals surface area contributed by atoms with E-state index >= 15 is 0 Å². The second-order valence-electron chi connectivity index (χ2n) is 26.1. The van der Waals surface area contributed by atoms with Crippen molar-refractivity contribution in [2.45, 2.75) is 334 Å². The van der Waals surface area contributed by atoms with E-state index in [0.29, 0.717) is 19.3 Å². The van der Waals surface area contributed by atoms with Gasteiger partial charge in [0.25, 0.3) is 0 Å². The molecule has 0 amide bonds. The number of carbonyl (C=O) groups is 3. The number of rotatable bonds is 74. The molecule has 580 valence electrons. The average molecular weight is 1460 g/mol. The number of hydrogen-bond donors (Lipinski definition) is 4. The molecule has 5 atom stereocenters. The van der Waals surface area contributed by atoms with Gasteiger partial charge in [-0.3, -0.25) is 32.5 Å². The van der Waals surface area contributed by atoms with Crippen molar-refractivity contribution in [3.8, 4) is 0 Å². The van der Waals surface area contributed by atoms with Crippen molar-refractivity contribution >= 4 is 33.6 Å². The summed E-state index contributed by atoms with van der Waals surface area (Å²) < 4.78 is 61.1. The van der Waals surface area contributed by atoms with E-state index in [0.717, 1.165) is 148 Å². The van der Waals surface area contributed by atoms with Crippen LogP contribution in [-0.4, -0.2) is 95.9 Å². The first-order chi connectivity index (χ1) is 49.2. The third kappa shape index (κ3) is 76.6. The van der Waals surface area contributed by atoms with Gasteiger partial charge in [0.2, 0.25) is 0 Å². The van der Waals surface area contributed by atoms with Crippen LogP contribution < -0.4 is 0 Å². The number of carbonyl (C=O) groups excluding carboxylic acids is 3. The van der Waals surface area contributed by atoms with E-state index in [1.54, 1.807) is 0 Å². The molecule has 16 nitrogen and oxygen atoms in total. The van der Waals surface area contributed by atoms with Crippen molar-refractivity contribution in [1.82, 2.24) is 0 Å². The molecule has 0 aliphatic heterocycles. The number of hydrogen-bond acceptors (Lipinski definition) is 14. The Morgan fingerprint density at radius 3 is 0.832 bits per heavy atom. The number of phosphoric acid groups is 2. The lowest BCUT2D eigenvalue weighted by atomic mass is 10.0. The normalized spacial score (nSPS) is 14.7. The lowest BCUT2D eigenvalue weighted by Crippen LogP contribution is -2.30. The zero-order valence-electron chi connectivity index (χ0n) is 63.3. The molecule has 0 saturated heterocycles. The Bertz CT molecular complexity index is 2370. The molecule has 4 N–H and O–H groups in total. The first-order valence-corrected chi connectivity index (χ1v) is 42.5. The first kappa shape index (κ1) is 96.7. The second-order valence-corrected chi connectivity index (χ2v) is 29.0. The quantitative estimate of drug-likeness (QED) is 0.0146. The summed E-state index contributed by atoms with van der Waals surface area (Å²) in [7, 11) is -9.80. The van der Waals surface area contributed by atoms with E-state index in [1.807, 2.05) is 0 Å². The number of phosphoric ester groups is 2. The van der Waals surface area contributed by atoms with Gasteiger partial charge in [0.05, 0.1) is 26.4 Å².